The molecular formula is C22H20F3N3O5. The predicted octanol–water partition coefficient (Wildman–Crippen LogP) is 2.52. The van der Waals surface area contributed by atoms with E-state index in [2.05, 4.69) is 15.0 Å². The molecule has 1 aromatic carbocycles. The van der Waals surface area contributed by atoms with Gasteiger partial charge in [0.2, 0.25) is 0 Å². The van der Waals surface area contributed by atoms with Crippen molar-refractivity contribution in [3.8, 4) is 11.5 Å². The summed E-state index contributed by atoms with van der Waals surface area (Å²) in [5, 5.41) is 20.1. The largest absolute Gasteiger partial charge is 0.477 e. The van der Waals surface area contributed by atoms with Gasteiger partial charge in [-0.1, -0.05) is 0 Å². The van der Waals surface area contributed by atoms with Crippen LogP contribution in [0.25, 0.3) is 11.0 Å². The lowest BCUT2D eigenvalue weighted by Gasteiger charge is -2.36. The number of fused-ring (bicyclic) bond motifs is 1. The second kappa shape index (κ2) is 8.01. The molecule has 0 bridgehead atoms. The SMILES string of the molecule is OCC1(F)CN=C(Cc2cc(F)c(Oc3ccnc4[nH]cc(C5(O)COC5)c34)c(F)c2)OC1. The van der Waals surface area contributed by atoms with Crippen LogP contribution in [0.3, 0.4) is 0 Å². The molecule has 33 heavy (non-hydrogen) atoms. The Kier molecular flexibility index (Phi) is 5.26. The van der Waals surface area contributed by atoms with Gasteiger partial charge in [0.15, 0.2) is 29.0 Å². The number of aliphatic imine (C=N–C) groups is 1. The van der Waals surface area contributed by atoms with Crippen LogP contribution in [0.1, 0.15) is 11.1 Å². The highest BCUT2D eigenvalue weighted by Gasteiger charge is 2.41. The molecule has 3 aromatic rings. The Bertz CT molecular complexity index is 1220. The number of benzene rings is 1. The van der Waals surface area contributed by atoms with Crippen molar-refractivity contribution in [2.45, 2.75) is 17.7 Å². The third-order valence-corrected chi connectivity index (χ3v) is 5.66. The van der Waals surface area contributed by atoms with E-state index >= 15 is 0 Å². The summed E-state index contributed by atoms with van der Waals surface area (Å²) in [6.45, 7) is -1.24. The molecule has 0 amide bonds. The topological polar surface area (TPSA) is 109 Å². The number of pyridine rings is 1. The number of alkyl halides is 1. The molecule has 1 unspecified atom stereocenters. The average molecular weight is 463 g/mol. The zero-order valence-electron chi connectivity index (χ0n) is 17.3. The fraction of sp³-hybridized carbons (Fsp3) is 0.364. The Morgan fingerprint density at radius 1 is 1.18 bits per heavy atom. The molecule has 0 spiro atoms. The first-order valence-electron chi connectivity index (χ1n) is 10.2. The average Bonchev–Trinajstić information content (AvgIpc) is 3.22. The summed E-state index contributed by atoms with van der Waals surface area (Å²) in [6.07, 6.45) is 2.93. The third kappa shape index (κ3) is 3.92. The molecule has 1 atom stereocenters. The van der Waals surface area contributed by atoms with Gasteiger partial charge in [0, 0.05) is 24.4 Å². The number of hydrogen-bond donors (Lipinski definition) is 3. The van der Waals surface area contributed by atoms with Crippen molar-refractivity contribution in [2.24, 2.45) is 4.99 Å². The van der Waals surface area contributed by atoms with E-state index in [-0.39, 0.29) is 50.0 Å². The van der Waals surface area contributed by atoms with Crippen molar-refractivity contribution in [2.75, 3.05) is 33.0 Å². The molecule has 3 N–H and O–H groups in total. The summed E-state index contributed by atoms with van der Waals surface area (Å²) < 4.78 is 59.5. The molecular weight excluding hydrogens is 443 g/mol. The Morgan fingerprint density at radius 2 is 1.94 bits per heavy atom. The second-order valence-electron chi connectivity index (χ2n) is 8.23. The van der Waals surface area contributed by atoms with E-state index in [0.717, 1.165) is 12.1 Å². The van der Waals surface area contributed by atoms with Crippen LogP contribution in [0.4, 0.5) is 13.2 Å². The summed E-state index contributed by atoms with van der Waals surface area (Å²) in [5.41, 5.74) is -2.13. The lowest BCUT2D eigenvalue weighted by Crippen LogP contribution is -2.46. The van der Waals surface area contributed by atoms with Crippen molar-refractivity contribution >= 4 is 16.9 Å². The first-order chi connectivity index (χ1) is 15.8. The molecule has 2 aliphatic heterocycles. The van der Waals surface area contributed by atoms with E-state index in [4.69, 9.17) is 19.3 Å². The Hall–Kier alpha value is -3.15. The van der Waals surface area contributed by atoms with Crippen LogP contribution in [0.15, 0.2) is 35.6 Å². The van der Waals surface area contributed by atoms with Crippen LogP contribution >= 0.6 is 0 Å². The lowest BCUT2D eigenvalue weighted by atomic mass is 9.92. The van der Waals surface area contributed by atoms with Gasteiger partial charge in [-0.25, -0.2) is 18.2 Å². The van der Waals surface area contributed by atoms with Crippen LogP contribution < -0.4 is 4.74 Å². The predicted molar refractivity (Wildman–Crippen MR) is 110 cm³/mol. The first kappa shape index (κ1) is 21.7. The molecule has 4 heterocycles. The number of hydrogen-bond acceptors (Lipinski definition) is 7. The maximum Gasteiger partial charge on any atom is 0.198 e. The number of aromatic nitrogens is 2. The van der Waals surface area contributed by atoms with Crippen molar-refractivity contribution in [1.29, 1.82) is 0 Å². The van der Waals surface area contributed by atoms with Crippen molar-refractivity contribution in [3.63, 3.8) is 0 Å². The number of aliphatic hydroxyl groups is 2. The van der Waals surface area contributed by atoms with Gasteiger partial charge in [0.25, 0.3) is 0 Å². The maximum atomic E-state index is 14.8. The van der Waals surface area contributed by atoms with Crippen LogP contribution in [0, 0.1) is 11.6 Å². The van der Waals surface area contributed by atoms with Crippen molar-refractivity contribution < 1.29 is 37.6 Å². The molecule has 1 fully saturated rings. The highest BCUT2D eigenvalue weighted by Crippen LogP contribution is 2.40. The van der Waals surface area contributed by atoms with Gasteiger partial charge in [-0.15, -0.1) is 0 Å². The molecule has 5 rings (SSSR count). The lowest BCUT2D eigenvalue weighted by molar-refractivity contribution is -0.183. The molecule has 0 saturated carbocycles. The van der Waals surface area contributed by atoms with Gasteiger partial charge in [-0.05, 0) is 23.8 Å². The Labute approximate surface area is 185 Å². The van der Waals surface area contributed by atoms with E-state index < -0.39 is 35.3 Å². The number of halogens is 3. The van der Waals surface area contributed by atoms with Crippen LogP contribution in [-0.2, 0) is 21.5 Å². The zero-order chi connectivity index (χ0) is 23.2. The molecule has 174 valence electrons. The summed E-state index contributed by atoms with van der Waals surface area (Å²) >= 11 is 0. The maximum absolute atomic E-state index is 14.8. The summed E-state index contributed by atoms with van der Waals surface area (Å²) in [4.78, 5) is 11.0. The van der Waals surface area contributed by atoms with E-state index in [1.54, 1.807) is 6.20 Å². The van der Waals surface area contributed by atoms with Gasteiger partial charge >= 0.3 is 0 Å². The third-order valence-electron chi connectivity index (χ3n) is 5.66. The number of aromatic amines is 1. The molecule has 0 aliphatic carbocycles. The number of nitrogens with zero attached hydrogens (tertiary/aromatic N) is 2. The Balaban J connectivity index is 1.41. The first-order valence-corrected chi connectivity index (χ1v) is 10.2. The standard InChI is InChI=1S/C22H20F3N3O5/c23-14-3-12(5-17-28-7-21(25,8-29)9-32-17)4-15(24)19(14)33-16-1-2-26-20-18(16)13(6-27-20)22(30)10-31-11-22/h1-4,6,29-30H,5,7-11H2,(H,26,27). The Morgan fingerprint density at radius 3 is 2.55 bits per heavy atom. The highest BCUT2D eigenvalue weighted by atomic mass is 19.1. The van der Waals surface area contributed by atoms with E-state index in [0.29, 0.717) is 16.6 Å². The number of nitrogens with one attached hydrogen (secondary N) is 1. The summed E-state index contributed by atoms with van der Waals surface area (Å²) in [7, 11) is 0. The molecule has 2 aliphatic rings. The number of H-pyrrole nitrogens is 1. The van der Waals surface area contributed by atoms with E-state index in [1.807, 2.05) is 0 Å². The normalized spacial score (nSPS) is 21.9. The van der Waals surface area contributed by atoms with Crippen molar-refractivity contribution in [1.82, 2.24) is 9.97 Å². The van der Waals surface area contributed by atoms with Crippen molar-refractivity contribution in [3.05, 3.63) is 53.4 Å². The van der Waals surface area contributed by atoms with Crippen LogP contribution in [-0.4, -0.2) is 64.7 Å². The fourth-order valence-electron chi connectivity index (χ4n) is 3.76. The summed E-state index contributed by atoms with van der Waals surface area (Å²) in [5.74, 6) is -2.29. The van der Waals surface area contributed by atoms with Gasteiger partial charge in [-0.3, -0.25) is 4.99 Å². The fourth-order valence-corrected chi connectivity index (χ4v) is 3.76. The molecule has 0 radical (unpaired) electrons. The van der Waals surface area contributed by atoms with Gasteiger partial charge in [0.1, 0.15) is 23.6 Å². The minimum atomic E-state index is -1.95. The van der Waals surface area contributed by atoms with Gasteiger partial charge < -0.3 is 29.4 Å². The zero-order valence-corrected chi connectivity index (χ0v) is 17.3. The van der Waals surface area contributed by atoms with E-state index in [1.165, 1.54) is 12.3 Å². The molecule has 1 saturated heterocycles. The molecule has 2 aromatic heterocycles. The highest BCUT2D eigenvalue weighted by molar-refractivity contribution is 5.87. The van der Waals surface area contributed by atoms with Crippen LogP contribution in [0.5, 0.6) is 11.5 Å². The molecule has 11 heteroatoms. The number of rotatable bonds is 6. The minimum absolute atomic E-state index is 0.0515. The molecule has 8 nitrogen and oxygen atoms in total. The van der Waals surface area contributed by atoms with Gasteiger partial charge in [0.05, 0.1) is 31.8 Å². The van der Waals surface area contributed by atoms with E-state index in [9.17, 15) is 18.3 Å². The summed E-state index contributed by atoms with van der Waals surface area (Å²) in [6, 6.07) is 3.61. The van der Waals surface area contributed by atoms with Crippen LogP contribution in [0.2, 0.25) is 0 Å². The van der Waals surface area contributed by atoms with Gasteiger partial charge in [-0.2, -0.15) is 0 Å². The minimum Gasteiger partial charge on any atom is -0.477 e. The number of aliphatic hydroxyl groups excluding tert-OH is 1. The number of ether oxygens (including phenoxy) is 3. The quantitative estimate of drug-likeness (QED) is 0.519. The smallest absolute Gasteiger partial charge is 0.198 e. The second-order valence-corrected chi connectivity index (χ2v) is 8.23. The monoisotopic (exact) mass is 463 g/mol.